The summed E-state index contributed by atoms with van der Waals surface area (Å²) in [5, 5.41) is 0. The molecule has 1 fully saturated rings. The van der Waals surface area contributed by atoms with Crippen LogP contribution in [0.1, 0.15) is 19.4 Å². The second-order valence-corrected chi connectivity index (χ2v) is 6.78. The molecule has 5 heteroatoms. The van der Waals surface area contributed by atoms with Gasteiger partial charge in [0.25, 0.3) is 0 Å². The first-order chi connectivity index (χ1) is 8.11. The Bertz CT molecular complexity index is 381. The van der Waals surface area contributed by atoms with Crippen LogP contribution >= 0.6 is 11.8 Å². The van der Waals surface area contributed by atoms with Crippen LogP contribution in [-0.2, 0) is 6.54 Å². The number of pyridine rings is 1. The third kappa shape index (κ3) is 3.34. The average Bonchev–Trinajstić information content (AvgIpc) is 2.28. The lowest BCUT2D eigenvalue weighted by atomic mass is 10.1. The molecule has 0 spiro atoms. The molecule has 3 N–H and O–H groups in total. The van der Waals surface area contributed by atoms with Crippen LogP contribution in [0.4, 0.5) is 5.82 Å². The van der Waals surface area contributed by atoms with Crippen molar-refractivity contribution in [2.45, 2.75) is 25.1 Å². The Labute approximate surface area is 107 Å². The van der Waals surface area contributed by atoms with Crippen LogP contribution in [0.2, 0.25) is 0 Å². The third-order valence-electron chi connectivity index (χ3n) is 2.93. The highest BCUT2D eigenvalue weighted by Crippen LogP contribution is 2.30. The van der Waals surface area contributed by atoms with Crippen LogP contribution in [0.5, 0.6) is 0 Å². The zero-order valence-corrected chi connectivity index (χ0v) is 11.3. The Morgan fingerprint density at radius 1 is 1.59 bits per heavy atom. The van der Waals surface area contributed by atoms with Gasteiger partial charge in [-0.05, 0) is 19.9 Å². The van der Waals surface area contributed by atoms with Crippen LogP contribution in [0.15, 0.2) is 18.3 Å². The molecule has 2 rings (SSSR count). The van der Waals surface area contributed by atoms with Gasteiger partial charge >= 0.3 is 0 Å². The van der Waals surface area contributed by atoms with Gasteiger partial charge in [0.1, 0.15) is 5.82 Å². The monoisotopic (exact) mass is 252 g/mol. The number of anilines is 1. The number of hydrogen-bond acceptors (Lipinski definition) is 5. The standard InChI is InChI=1S/C12H20N4S/c1-12(2)9-16(6-7-17-12)8-10-4-3-5-14-11(10)15-13/h3-5H,6-9,13H2,1-2H3,(H,14,15). The molecule has 1 aromatic heterocycles. The summed E-state index contributed by atoms with van der Waals surface area (Å²) >= 11 is 2.05. The molecule has 1 saturated heterocycles. The number of nitrogens with zero attached hydrogens (tertiary/aromatic N) is 2. The largest absolute Gasteiger partial charge is 0.308 e. The Morgan fingerprint density at radius 3 is 3.12 bits per heavy atom. The van der Waals surface area contributed by atoms with E-state index < -0.39 is 0 Å². The molecule has 0 amide bonds. The molecule has 1 aromatic rings. The first-order valence-corrected chi connectivity index (χ1v) is 6.86. The summed E-state index contributed by atoms with van der Waals surface area (Å²) in [6.45, 7) is 7.76. The van der Waals surface area contributed by atoms with Gasteiger partial charge in [-0.25, -0.2) is 10.8 Å². The molecule has 0 bridgehead atoms. The van der Waals surface area contributed by atoms with Crippen LogP contribution in [0, 0.1) is 0 Å². The number of hydrazine groups is 1. The fourth-order valence-electron chi connectivity index (χ4n) is 2.19. The molecule has 0 atom stereocenters. The summed E-state index contributed by atoms with van der Waals surface area (Å²) in [7, 11) is 0. The van der Waals surface area contributed by atoms with Gasteiger partial charge in [-0.15, -0.1) is 0 Å². The van der Waals surface area contributed by atoms with Gasteiger partial charge in [-0.1, -0.05) is 6.07 Å². The van der Waals surface area contributed by atoms with E-state index in [1.165, 1.54) is 5.75 Å². The maximum atomic E-state index is 5.47. The van der Waals surface area contributed by atoms with E-state index in [1.54, 1.807) is 6.20 Å². The molecule has 0 radical (unpaired) electrons. The van der Waals surface area contributed by atoms with Crippen molar-refractivity contribution in [1.82, 2.24) is 9.88 Å². The third-order valence-corrected chi connectivity index (χ3v) is 4.22. The van der Waals surface area contributed by atoms with E-state index in [-0.39, 0.29) is 0 Å². The lowest BCUT2D eigenvalue weighted by Gasteiger charge is -2.37. The second kappa shape index (κ2) is 5.25. The summed E-state index contributed by atoms with van der Waals surface area (Å²) in [4.78, 5) is 6.70. The first kappa shape index (κ1) is 12.7. The summed E-state index contributed by atoms with van der Waals surface area (Å²) in [6.07, 6.45) is 1.76. The summed E-state index contributed by atoms with van der Waals surface area (Å²) < 4.78 is 0.344. The van der Waals surface area contributed by atoms with Crippen LogP contribution in [0.3, 0.4) is 0 Å². The quantitative estimate of drug-likeness (QED) is 0.633. The molecule has 0 aliphatic carbocycles. The summed E-state index contributed by atoms with van der Waals surface area (Å²) in [5.74, 6) is 7.45. The topological polar surface area (TPSA) is 54.2 Å². The Morgan fingerprint density at radius 2 is 2.41 bits per heavy atom. The molecule has 94 valence electrons. The lowest BCUT2D eigenvalue weighted by molar-refractivity contribution is 0.252. The molecule has 2 heterocycles. The minimum absolute atomic E-state index is 0.344. The molecule has 0 aromatic carbocycles. The van der Waals surface area contributed by atoms with Crippen LogP contribution in [0.25, 0.3) is 0 Å². The van der Waals surface area contributed by atoms with E-state index >= 15 is 0 Å². The Hall–Kier alpha value is -0.780. The lowest BCUT2D eigenvalue weighted by Crippen LogP contribution is -2.42. The molecule has 0 unspecified atom stereocenters. The number of hydrogen-bond donors (Lipinski definition) is 2. The first-order valence-electron chi connectivity index (χ1n) is 5.87. The van der Waals surface area contributed by atoms with E-state index in [4.69, 9.17) is 5.84 Å². The maximum Gasteiger partial charge on any atom is 0.144 e. The van der Waals surface area contributed by atoms with Crippen molar-refractivity contribution in [2.24, 2.45) is 5.84 Å². The van der Waals surface area contributed by atoms with Crippen molar-refractivity contribution in [3.05, 3.63) is 23.9 Å². The molecular weight excluding hydrogens is 232 g/mol. The number of nitrogen functional groups attached to an aromatic ring is 1. The van der Waals surface area contributed by atoms with Gasteiger partial charge in [-0.3, -0.25) is 4.90 Å². The number of nitrogens with one attached hydrogen (secondary N) is 1. The Balaban J connectivity index is 2.05. The smallest absolute Gasteiger partial charge is 0.144 e. The molecule has 1 aliphatic heterocycles. The molecule has 1 aliphatic rings. The number of nitrogens with two attached hydrogens (primary N) is 1. The van der Waals surface area contributed by atoms with Gasteiger partial charge in [-0.2, -0.15) is 11.8 Å². The molecule has 17 heavy (non-hydrogen) atoms. The minimum Gasteiger partial charge on any atom is -0.308 e. The van der Waals surface area contributed by atoms with Gasteiger partial charge in [0, 0.05) is 41.9 Å². The second-order valence-electron chi connectivity index (χ2n) is 4.97. The van der Waals surface area contributed by atoms with Crippen LogP contribution in [-0.4, -0.2) is 33.5 Å². The predicted molar refractivity (Wildman–Crippen MR) is 73.9 cm³/mol. The minimum atomic E-state index is 0.344. The van der Waals surface area contributed by atoms with Gasteiger partial charge in [0.05, 0.1) is 0 Å². The zero-order chi connectivity index (χ0) is 12.3. The van der Waals surface area contributed by atoms with Crippen LogP contribution < -0.4 is 11.3 Å². The van der Waals surface area contributed by atoms with Crippen molar-refractivity contribution in [1.29, 1.82) is 0 Å². The predicted octanol–water partition coefficient (Wildman–Crippen LogP) is 1.69. The SMILES string of the molecule is CC1(C)CN(Cc2cccnc2NN)CCS1. The fraction of sp³-hybridized carbons (Fsp3) is 0.583. The van der Waals surface area contributed by atoms with E-state index in [0.29, 0.717) is 4.75 Å². The van der Waals surface area contributed by atoms with E-state index in [1.807, 2.05) is 17.8 Å². The summed E-state index contributed by atoms with van der Waals surface area (Å²) in [5.41, 5.74) is 3.83. The van der Waals surface area contributed by atoms with Crippen molar-refractivity contribution in [2.75, 3.05) is 24.3 Å². The normalized spacial score (nSPS) is 20.2. The highest BCUT2D eigenvalue weighted by Gasteiger charge is 2.27. The number of aromatic nitrogens is 1. The van der Waals surface area contributed by atoms with Crippen molar-refractivity contribution in [3.63, 3.8) is 0 Å². The number of rotatable bonds is 3. The van der Waals surface area contributed by atoms with Crippen molar-refractivity contribution >= 4 is 17.6 Å². The highest BCUT2D eigenvalue weighted by atomic mass is 32.2. The fourth-order valence-corrected chi connectivity index (χ4v) is 3.36. The van der Waals surface area contributed by atoms with Crippen molar-refractivity contribution < 1.29 is 0 Å². The highest BCUT2D eigenvalue weighted by molar-refractivity contribution is 8.00. The van der Waals surface area contributed by atoms with E-state index in [2.05, 4.69) is 35.2 Å². The van der Waals surface area contributed by atoms with Gasteiger partial charge in [0.15, 0.2) is 0 Å². The Kier molecular flexibility index (Phi) is 3.91. The maximum absolute atomic E-state index is 5.47. The van der Waals surface area contributed by atoms with Gasteiger partial charge < -0.3 is 5.43 Å². The molecular formula is C12H20N4S. The summed E-state index contributed by atoms with van der Waals surface area (Å²) in [6, 6.07) is 4.04. The van der Waals surface area contributed by atoms with Crippen molar-refractivity contribution in [3.8, 4) is 0 Å². The van der Waals surface area contributed by atoms with E-state index in [9.17, 15) is 0 Å². The van der Waals surface area contributed by atoms with Gasteiger partial charge in [0.2, 0.25) is 0 Å². The average molecular weight is 252 g/mol. The van der Waals surface area contributed by atoms with E-state index in [0.717, 1.165) is 31.0 Å². The number of thioether (sulfide) groups is 1. The zero-order valence-electron chi connectivity index (χ0n) is 10.4. The molecule has 0 saturated carbocycles. The molecule has 4 nitrogen and oxygen atoms in total.